The maximum absolute atomic E-state index is 6.39. The van der Waals surface area contributed by atoms with E-state index in [4.69, 9.17) is 15.7 Å². The van der Waals surface area contributed by atoms with Gasteiger partial charge in [-0.15, -0.1) is 0 Å². The Morgan fingerprint density at radius 1 is 0.791 bits per heavy atom. The summed E-state index contributed by atoms with van der Waals surface area (Å²) in [5.74, 6) is 0.773. The highest BCUT2D eigenvalue weighted by Crippen LogP contribution is 2.46. The first-order valence-corrected chi connectivity index (χ1v) is 14.7. The Balaban J connectivity index is 1.13. The summed E-state index contributed by atoms with van der Waals surface area (Å²) in [5, 5.41) is 3.64. The van der Waals surface area contributed by atoms with Crippen LogP contribution in [-0.2, 0) is 0 Å². The predicted molar refractivity (Wildman–Crippen MR) is 178 cm³/mol. The van der Waals surface area contributed by atoms with Crippen molar-refractivity contribution in [2.45, 2.75) is 24.3 Å². The molecule has 0 spiro atoms. The molecule has 2 heterocycles. The molecule has 4 unspecified atom stereocenters. The monoisotopic (exact) mass is 559 g/mol. The van der Waals surface area contributed by atoms with Crippen LogP contribution in [0, 0.1) is 0 Å². The molecular formula is C38H33N5. The zero-order valence-corrected chi connectivity index (χ0v) is 23.7. The average molecular weight is 560 g/mol. The van der Waals surface area contributed by atoms with Crippen LogP contribution in [0.25, 0.3) is 5.57 Å². The lowest BCUT2D eigenvalue weighted by molar-refractivity contribution is 0.576. The van der Waals surface area contributed by atoms with Crippen molar-refractivity contribution in [3.05, 3.63) is 180 Å². The highest BCUT2D eigenvalue weighted by atomic mass is 15.3. The molecule has 4 aromatic rings. The molecule has 0 radical (unpaired) electrons. The molecule has 5 heteroatoms. The number of amidine groups is 1. The second-order valence-corrected chi connectivity index (χ2v) is 10.9. The van der Waals surface area contributed by atoms with E-state index in [2.05, 4.69) is 95.2 Å². The van der Waals surface area contributed by atoms with Gasteiger partial charge in [-0.1, -0.05) is 133 Å². The predicted octanol–water partition coefficient (Wildman–Crippen LogP) is 7.16. The molecule has 4 aromatic carbocycles. The number of hydrogen-bond acceptors (Lipinski definition) is 4. The summed E-state index contributed by atoms with van der Waals surface area (Å²) in [7, 11) is 0. The zero-order valence-electron chi connectivity index (χ0n) is 23.7. The number of hydrogen-bond donors (Lipinski definition) is 2. The van der Waals surface area contributed by atoms with Crippen LogP contribution in [0.1, 0.15) is 34.3 Å². The van der Waals surface area contributed by atoms with Gasteiger partial charge in [0.1, 0.15) is 12.0 Å². The molecular weight excluding hydrogens is 526 g/mol. The van der Waals surface area contributed by atoms with Crippen molar-refractivity contribution in [3.8, 4) is 0 Å². The second-order valence-electron chi connectivity index (χ2n) is 10.9. The van der Waals surface area contributed by atoms with Crippen LogP contribution in [0.15, 0.2) is 167 Å². The molecule has 3 N–H and O–H groups in total. The number of aliphatic imine (C=N–C) groups is 2. The summed E-state index contributed by atoms with van der Waals surface area (Å²) in [6.45, 7) is 0. The summed E-state index contributed by atoms with van der Waals surface area (Å²) < 4.78 is 0. The molecule has 1 aliphatic carbocycles. The van der Waals surface area contributed by atoms with Gasteiger partial charge in [-0.3, -0.25) is 4.99 Å². The van der Waals surface area contributed by atoms with Gasteiger partial charge >= 0.3 is 0 Å². The SMILES string of the molecule is N/C(=N\C(/N=C/C1=CNC(N2c3ccccc3C3C=CC(c4ccccc4)=CC32)C=C1)c1ccccc1)c1ccccc1. The lowest BCUT2D eigenvalue weighted by Gasteiger charge is -2.36. The van der Waals surface area contributed by atoms with E-state index in [1.807, 2.05) is 73.1 Å². The lowest BCUT2D eigenvalue weighted by Crippen LogP contribution is -2.48. The number of rotatable bonds is 7. The van der Waals surface area contributed by atoms with E-state index >= 15 is 0 Å². The zero-order chi connectivity index (χ0) is 29.0. The fourth-order valence-electron chi connectivity index (χ4n) is 6.06. The second kappa shape index (κ2) is 11.8. The number of dihydropyridines is 1. The minimum atomic E-state index is -0.449. The fraction of sp³-hybridized carbons (Fsp3) is 0.105. The van der Waals surface area contributed by atoms with Crippen molar-refractivity contribution in [3.63, 3.8) is 0 Å². The summed E-state index contributed by atoms with van der Waals surface area (Å²) in [5.41, 5.74) is 14.3. The van der Waals surface area contributed by atoms with E-state index in [1.54, 1.807) is 0 Å². The van der Waals surface area contributed by atoms with E-state index in [9.17, 15) is 0 Å². The number of para-hydroxylation sites is 1. The van der Waals surface area contributed by atoms with E-state index in [0.29, 0.717) is 11.8 Å². The standard InChI is InChI=1S/C38H33N5/c39-37(29-14-6-2-7-15-29)42-38(30-16-8-3-9-17-30)41-26-27-20-23-36(40-25-27)43-34-19-11-10-18-32(34)33-22-21-31(24-35(33)43)28-12-4-1-5-13-28/h1-26,33,35-36,38,40H,(H2,39,42)/b41-26+. The molecule has 0 saturated heterocycles. The number of benzene rings is 4. The summed E-state index contributed by atoms with van der Waals surface area (Å²) in [6.07, 6.45) is 14.9. The first kappa shape index (κ1) is 26.5. The van der Waals surface area contributed by atoms with Crippen LogP contribution in [0.2, 0.25) is 0 Å². The number of allylic oxidation sites excluding steroid dienone is 4. The van der Waals surface area contributed by atoms with E-state index in [-0.39, 0.29) is 12.2 Å². The number of fused-ring (bicyclic) bond motifs is 3. The quantitative estimate of drug-likeness (QED) is 0.187. The number of anilines is 1. The lowest BCUT2D eigenvalue weighted by atomic mass is 9.87. The third kappa shape index (κ3) is 5.45. The third-order valence-corrected chi connectivity index (χ3v) is 8.19. The Hall–Kier alpha value is -5.42. The highest BCUT2D eigenvalue weighted by Gasteiger charge is 2.40. The summed E-state index contributed by atoms with van der Waals surface area (Å²) >= 11 is 0. The molecule has 4 atom stereocenters. The van der Waals surface area contributed by atoms with Crippen LogP contribution in [0.4, 0.5) is 5.69 Å². The molecule has 7 rings (SSSR count). The van der Waals surface area contributed by atoms with Crippen LogP contribution >= 0.6 is 0 Å². The highest BCUT2D eigenvalue weighted by molar-refractivity contribution is 5.97. The van der Waals surface area contributed by atoms with Gasteiger partial charge in [0, 0.05) is 35.2 Å². The molecule has 5 nitrogen and oxygen atoms in total. The smallest absolute Gasteiger partial charge is 0.167 e. The fourth-order valence-corrected chi connectivity index (χ4v) is 6.06. The maximum Gasteiger partial charge on any atom is 0.167 e. The Morgan fingerprint density at radius 3 is 2.23 bits per heavy atom. The molecule has 210 valence electrons. The molecule has 3 aliphatic rings. The van der Waals surface area contributed by atoms with Crippen LogP contribution in [0.5, 0.6) is 0 Å². The van der Waals surface area contributed by atoms with Crippen molar-refractivity contribution in [2.24, 2.45) is 15.7 Å². The Labute approximate surface area is 252 Å². The Bertz CT molecular complexity index is 1770. The van der Waals surface area contributed by atoms with Gasteiger partial charge in [-0.2, -0.15) is 0 Å². The van der Waals surface area contributed by atoms with Crippen molar-refractivity contribution in [1.29, 1.82) is 0 Å². The molecule has 43 heavy (non-hydrogen) atoms. The summed E-state index contributed by atoms with van der Waals surface area (Å²) in [6, 6.07) is 39.4. The van der Waals surface area contributed by atoms with Gasteiger partial charge in [0.05, 0.1) is 6.04 Å². The van der Waals surface area contributed by atoms with Crippen LogP contribution in [-0.4, -0.2) is 24.3 Å². The average Bonchev–Trinajstić information content (AvgIpc) is 3.41. The van der Waals surface area contributed by atoms with Crippen molar-refractivity contribution in [1.82, 2.24) is 5.32 Å². The molecule has 0 aromatic heterocycles. The number of nitrogens with two attached hydrogens (primary N) is 1. The summed E-state index contributed by atoms with van der Waals surface area (Å²) in [4.78, 5) is 12.1. The normalized spacial score (nSPS) is 21.5. The minimum Gasteiger partial charge on any atom is -0.383 e. The van der Waals surface area contributed by atoms with Gasteiger partial charge in [0.15, 0.2) is 6.17 Å². The Kier molecular flexibility index (Phi) is 7.28. The topological polar surface area (TPSA) is 66.0 Å². The molecule has 0 fully saturated rings. The first-order chi connectivity index (χ1) is 21.2. The molecule has 0 saturated carbocycles. The molecule has 0 amide bonds. The molecule has 0 bridgehead atoms. The van der Waals surface area contributed by atoms with Crippen LogP contribution in [0.3, 0.4) is 0 Å². The van der Waals surface area contributed by atoms with Gasteiger partial charge in [0.2, 0.25) is 0 Å². The van der Waals surface area contributed by atoms with Gasteiger partial charge < -0.3 is 16.0 Å². The number of nitrogens with one attached hydrogen (secondary N) is 1. The Morgan fingerprint density at radius 2 is 1.49 bits per heavy atom. The minimum absolute atomic E-state index is 0.00439. The maximum atomic E-state index is 6.39. The van der Waals surface area contributed by atoms with E-state index in [0.717, 1.165) is 16.7 Å². The third-order valence-electron chi connectivity index (χ3n) is 8.19. The van der Waals surface area contributed by atoms with E-state index in [1.165, 1.54) is 22.4 Å². The largest absolute Gasteiger partial charge is 0.383 e. The van der Waals surface area contributed by atoms with E-state index < -0.39 is 6.17 Å². The van der Waals surface area contributed by atoms with Gasteiger partial charge in [0.25, 0.3) is 0 Å². The van der Waals surface area contributed by atoms with Gasteiger partial charge in [-0.05, 0) is 34.4 Å². The van der Waals surface area contributed by atoms with Crippen molar-refractivity contribution >= 4 is 23.3 Å². The molecule has 2 aliphatic heterocycles. The number of nitrogens with zero attached hydrogens (tertiary/aromatic N) is 3. The van der Waals surface area contributed by atoms with Crippen molar-refractivity contribution in [2.75, 3.05) is 4.90 Å². The van der Waals surface area contributed by atoms with Crippen LogP contribution < -0.4 is 16.0 Å². The van der Waals surface area contributed by atoms with Gasteiger partial charge in [-0.25, -0.2) is 4.99 Å². The first-order valence-electron chi connectivity index (χ1n) is 14.7. The van der Waals surface area contributed by atoms with Crippen molar-refractivity contribution < 1.29 is 0 Å².